The Morgan fingerprint density at radius 1 is 1.53 bits per heavy atom. The minimum atomic E-state index is -0.251. The zero-order valence-corrected chi connectivity index (χ0v) is 12.0. The summed E-state index contributed by atoms with van der Waals surface area (Å²) < 4.78 is 16.8. The van der Waals surface area contributed by atoms with E-state index in [-0.39, 0.29) is 11.2 Å². The Kier molecular flexibility index (Phi) is 2.29. The molecule has 0 spiro atoms. The fourth-order valence-corrected chi connectivity index (χ4v) is 2.99. The molecule has 1 atom stereocenters. The Morgan fingerprint density at radius 3 is 2.76 bits per heavy atom. The summed E-state index contributed by atoms with van der Waals surface area (Å²) in [5, 5.41) is 0. The van der Waals surface area contributed by atoms with E-state index in [9.17, 15) is 4.39 Å². The highest BCUT2D eigenvalue weighted by Gasteiger charge is 2.47. The summed E-state index contributed by atoms with van der Waals surface area (Å²) in [4.78, 5) is 3.14. The monoisotopic (exact) mass is 314 g/mol. The van der Waals surface area contributed by atoms with E-state index in [1.165, 1.54) is 0 Å². The summed E-state index contributed by atoms with van der Waals surface area (Å²) in [7, 11) is 0. The van der Waals surface area contributed by atoms with Gasteiger partial charge in [-0.1, -0.05) is 13.8 Å². The van der Waals surface area contributed by atoms with Crippen LogP contribution in [0.2, 0.25) is 0 Å². The van der Waals surface area contributed by atoms with Crippen molar-refractivity contribution in [1.29, 1.82) is 0 Å². The molecule has 2 aromatic rings. The second-order valence-corrected chi connectivity index (χ2v) is 6.53. The van der Waals surface area contributed by atoms with Gasteiger partial charge in [0.1, 0.15) is 5.82 Å². The molecule has 5 heteroatoms. The third-order valence-electron chi connectivity index (χ3n) is 3.53. The first-order chi connectivity index (χ1) is 7.90. The molecule has 0 saturated heterocycles. The van der Waals surface area contributed by atoms with Crippen molar-refractivity contribution in [2.75, 3.05) is 0 Å². The van der Waals surface area contributed by atoms with Gasteiger partial charge < -0.3 is 9.55 Å². The topological polar surface area (TPSA) is 20.7 Å². The van der Waals surface area contributed by atoms with Crippen LogP contribution in [0.25, 0.3) is 11.0 Å². The summed E-state index contributed by atoms with van der Waals surface area (Å²) in [6.45, 7) is 4.40. The normalized spacial score (nSPS) is 22.0. The molecule has 1 unspecified atom stereocenters. The summed E-state index contributed by atoms with van der Waals surface area (Å²) in [6, 6.07) is 3.66. The lowest BCUT2D eigenvalue weighted by Crippen LogP contribution is -2.00. The van der Waals surface area contributed by atoms with Crippen molar-refractivity contribution >= 4 is 39.2 Å². The van der Waals surface area contributed by atoms with E-state index in [0.29, 0.717) is 15.3 Å². The number of H-pyrrole nitrogens is 1. The summed E-state index contributed by atoms with van der Waals surface area (Å²) in [5.74, 6) is -0.251. The van der Waals surface area contributed by atoms with Crippen LogP contribution in [0.4, 0.5) is 4.39 Å². The Labute approximate surface area is 112 Å². The van der Waals surface area contributed by atoms with Crippen LogP contribution in [0.3, 0.4) is 0 Å². The molecule has 0 radical (unpaired) electrons. The molecule has 2 nitrogen and oxygen atoms in total. The van der Waals surface area contributed by atoms with E-state index < -0.39 is 0 Å². The van der Waals surface area contributed by atoms with Gasteiger partial charge in [0.05, 0.1) is 15.5 Å². The number of nitrogens with zero attached hydrogens (tertiary/aromatic N) is 1. The van der Waals surface area contributed by atoms with Gasteiger partial charge in [-0.25, -0.2) is 4.39 Å². The maximum atomic E-state index is 13.6. The van der Waals surface area contributed by atoms with Crippen LogP contribution in [0.1, 0.15) is 26.3 Å². The van der Waals surface area contributed by atoms with Crippen molar-refractivity contribution in [1.82, 2.24) is 9.55 Å². The molecular formula is C12H12BrFN2S. The van der Waals surface area contributed by atoms with Gasteiger partial charge in [-0.15, -0.1) is 0 Å². The highest BCUT2D eigenvalue weighted by molar-refractivity contribution is 9.10. The highest BCUT2D eigenvalue weighted by Crippen LogP contribution is 2.56. The van der Waals surface area contributed by atoms with Crippen molar-refractivity contribution < 1.29 is 4.39 Å². The summed E-state index contributed by atoms with van der Waals surface area (Å²) in [6.07, 6.45) is 1.09. The average molecular weight is 315 g/mol. The lowest BCUT2D eigenvalue weighted by molar-refractivity contribution is 0.544. The second kappa shape index (κ2) is 3.42. The molecule has 17 heavy (non-hydrogen) atoms. The molecule has 1 aromatic heterocycles. The zero-order chi connectivity index (χ0) is 12.4. The first kappa shape index (κ1) is 11.4. The number of hydrogen-bond donors (Lipinski definition) is 1. The number of hydrogen-bond acceptors (Lipinski definition) is 1. The second-order valence-electron chi connectivity index (χ2n) is 5.29. The van der Waals surface area contributed by atoms with E-state index in [4.69, 9.17) is 12.2 Å². The van der Waals surface area contributed by atoms with Crippen molar-refractivity contribution in [3.8, 4) is 0 Å². The molecule has 1 aromatic carbocycles. The Morgan fingerprint density at radius 2 is 2.18 bits per heavy atom. The van der Waals surface area contributed by atoms with Gasteiger partial charge in [-0.2, -0.15) is 0 Å². The number of aromatic nitrogens is 2. The van der Waals surface area contributed by atoms with Gasteiger partial charge >= 0.3 is 0 Å². The lowest BCUT2D eigenvalue weighted by Gasteiger charge is -2.06. The maximum absolute atomic E-state index is 13.6. The smallest absolute Gasteiger partial charge is 0.178 e. The molecule has 1 N–H and O–H groups in total. The van der Waals surface area contributed by atoms with Gasteiger partial charge in [0, 0.05) is 12.1 Å². The molecule has 1 fully saturated rings. The number of imidazole rings is 1. The van der Waals surface area contributed by atoms with Gasteiger partial charge in [0.2, 0.25) is 0 Å². The lowest BCUT2D eigenvalue weighted by atomic mass is 10.2. The number of fused-ring (bicyclic) bond motifs is 1. The van der Waals surface area contributed by atoms with Crippen LogP contribution in [0.5, 0.6) is 0 Å². The molecule has 0 bridgehead atoms. The molecule has 1 saturated carbocycles. The van der Waals surface area contributed by atoms with Crippen molar-refractivity contribution in [3.63, 3.8) is 0 Å². The fraction of sp³-hybridized carbons (Fsp3) is 0.417. The number of rotatable bonds is 1. The van der Waals surface area contributed by atoms with Crippen LogP contribution in [0.15, 0.2) is 16.6 Å². The van der Waals surface area contributed by atoms with E-state index >= 15 is 0 Å². The molecule has 0 amide bonds. The molecule has 0 aliphatic heterocycles. The fourth-order valence-electron chi connectivity index (χ4n) is 2.31. The zero-order valence-electron chi connectivity index (χ0n) is 9.55. The van der Waals surface area contributed by atoms with Crippen molar-refractivity contribution in [2.45, 2.75) is 26.3 Å². The van der Waals surface area contributed by atoms with Crippen molar-refractivity contribution in [2.24, 2.45) is 5.41 Å². The molecule has 1 heterocycles. The largest absolute Gasteiger partial charge is 0.331 e. The van der Waals surface area contributed by atoms with Crippen molar-refractivity contribution in [3.05, 3.63) is 27.2 Å². The number of nitrogens with one attached hydrogen (secondary N) is 1. The number of aromatic amines is 1. The predicted molar refractivity (Wildman–Crippen MR) is 72.2 cm³/mol. The van der Waals surface area contributed by atoms with Crippen LogP contribution in [-0.2, 0) is 0 Å². The molecule has 3 rings (SSSR count). The number of benzene rings is 1. The van der Waals surface area contributed by atoms with Gasteiger partial charge in [0.25, 0.3) is 0 Å². The van der Waals surface area contributed by atoms with Crippen LogP contribution in [-0.4, -0.2) is 9.55 Å². The summed E-state index contributed by atoms with van der Waals surface area (Å²) >= 11 is 8.51. The van der Waals surface area contributed by atoms with E-state index in [0.717, 1.165) is 17.5 Å². The molecule has 1 aliphatic carbocycles. The maximum Gasteiger partial charge on any atom is 0.178 e. The van der Waals surface area contributed by atoms with E-state index in [2.05, 4.69) is 34.8 Å². The summed E-state index contributed by atoms with van der Waals surface area (Å²) in [5.41, 5.74) is 1.99. The SMILES string of the molecule is CC1(C)CC1n1c(=S)[nH]c2cc(Br)c(F)cc21. The highest BCUT2D eigenvalue weighted by atomic mass is 79.9. The van der Waals surface area contributed by atoms with Crippen LogP contribution < -0.4 is 0 Å². The predicted octanol–water partition coefficient (Wildman–Crippen LogP) is 4.57. The quantitative estimate of drug-likeness (QED) is 0.765. The Hall–Kier alpha value is -0.680. The molecular weight excluding hydrogens is 303 g/mol. The third-order valence-corrected chi connectivity index (χ3v) is 4.44. The first-order valence-corrected chi connectivity index (χ1v) is 6.69. The molecule has 1 aliphatic rings. The first-order valence-electron chi connectivity index (χ1n) is 5.49. The third kappa shape index (κ3) is 1.67. The van der Waals surface area contributed by atoms with Gasteiger partial charge in [-0.05, 0) is 46.0 Å². The van der Waals surface area contributed by atoms with Crippen LogP contribution in [0, 0.1) is 16.0 Å². The molecule has 90 valence electrons. The van der Waals surface area contributed by atoms with E-state index in [1.807, 2.05) is 4.57 Å². The minimum Gasteiger partial charge on any atom is -0.331 e. The average Bonchev–Trinajstić information content (AvgIpc) is 2.70. The standard InChI is InChI=1S/C12H12BrFN2S/c1-12(2)5-10(12)16-9-4-7(14)6(13)3-8(9)15-11(16)17/h3-4,10H,5H2,1-2H3,(H,15,17). The van der Waals surface area contributed by atoms with E-state index in [1.54, 1.807) is 12.1 Å². The minimum absolute atomic E-state index is 0.251. The number of halogens is 2. The Balaban J connectivity index is 2.28. The van der Waals surface area contributed by atoms with Crippen LogP contribution >= 0.6 is 28.1 Å². The Bertz CT molecular complexity index is 671. The van der Waals surface area contributed by atoms with Gasteiger partial charge in [0.15, 0.2) is 4.77 Å². The van der Waals surface area contributed by atoms with Gasteiger partial charge in [-0.3, -0.25) is 0 Å².